The second kappa shape index (κ2) is 6.05. The van der Waals surface area contributed by atoms with E-state index in [1.165, 1.54) is 31.5 Å². The van der Waals surface area contributed by atoms with Gasteiger partial charge in [0.2, 0.25) is 0 Å². The number of anilines is 1. The minimum Gasteiger partial charge on any atom is -0.379 e. The molecule has 106 valence electrons. The molecule has 1 aromatic heterocycles. The van der Waals surface area contributed by atoms with E-state index in [1.54, 1.807) is 10.9 Å². The lowest BCUT2D eigenvalue weighted by Crippen LogP contribution is -2.18. The maximum absolute atomic E-state index is 3.93. The van der Waals surface area contributed by atoms with Gasteiger partial charge in [-0.05, 0) is 43.6 Å². The third kappa shape index (κ3) is 3.17. The molecule has 0 aliphatic carbocycles. The van der Waals surface area contributed by atoms with Crippen molar-refractivity contribution in [3.8, 4) is 0 Å². The van der Waals surface area contributed by atoms with Crippen molar-refractivity contribution in [2.24, 2.45) is 7.05 Å². The second-order valence-corrected chi connectivity index (χ2v) is 5.39. The minimum absolute atomic E-state index is 0.747. The summed E-state index contributed by atoms with van der Waals surface area (Å²) in [5.74, 6) is 0. The zero-order valence-electron chi connectivity index (χ0n) is 11.9. The molecule has 0 unspecified atom stereocenters. The largest absolute Gasteiger partial charge is 0.379 e. The number of hydrogen-bond acceptors (Lipinski definition) is 4. The van der Waals surface area contributed by atoms with Gasteiger partial charge in [-0.2, -0.15) is 0 Å². The topological polar surface area (TPSA) is 46.0 Å². The van der Waals surface area contributed by atoms with Crippen LogP contribution in [0.1, 0.15) is 24.1 Å². The average Bonchev–Trinajstić information content (AvgIpc) is 3.09. The molecule has 0 radical (unpaired) electrons. The smallest absolute Gasteiger partial charge is 0.0774 e. The highest BCUT2D eigenvalue weighted by Crippen LogP contribution is 2.16. The lowest BCUT2D eigenvalue weighted by Gasteiger charge is -2.15. The van der Waals surface area contributed by atoms with Crippen LogP contribution < -0.4 is 5.32 Å². The van der Waals surface area contributed by atoms with Crippen LogP contribution >= 0.6 is 0 Å². The van der Waals surface area contributed by atoms with Gasteiger partial charge in [0.25, 0.3) is 0 Å². The standard InChI is InChI=1S/C15H21N5/c1-19-15(11-17-18-19)10-16-14-6-4-5-13(9-14)12-20-7-2-3-8-20/h4-6,9,11,16H,2-3,7-8,10,12H2,1H3. The second-order valence-electron chi connectivity index (χ2n) is 5.39. The van der Waals surface area contributed by atoms with Crippen molar-refractivity contribution in [1.29, 1.82) is 0 Å². The summed E-state index contributed by atoms with van der Waals surface area (Å²) in [5.41, 5.74) is 3.61. The molecule has 1 aliphatic heterocycles. The van der Waals surface area contributed by atoms with Crippen LogP contribution in [0, 0.1) is 0 Å². The van der Waals surface area contributed by atoms with Gasteiger partial charge in [-0.25, -0.2) is 0 Å². The van der Waals surface area contributed by atoms with Crippen molar-refractivity contribution < 1.29 is 0 Å². The van der Waals surface area contributed by atoms with Crippen molar-refractivity contribution in [3.63, 3.8) is 0 Å². The maximum Gasteiger partial charge on any atom is 0.0774 e. The number of benzene rings is 1. The first-order chi connectivity index (χ1) is 9.81. The maximum atomic E-state index is 3.93. The Bertz CT molecular complexity index is 557. The van der Waals surface area contributed by atoms with E-state index in [0.29, 0.717) is 0 Å². The molecule has 1 saturated heterocycles. The molecule has 3 rings (SSSR count). The van der Waals surface area contributed by atoms with Gasteiger partial charge in [0, 0.05) is 19.3 Å². The fourth-order valence-corrected chi connectivity index (χ4v) is 2.64. The predicted molar refractivity (Wildman–Crippen MR) is 79.3 cm³/mol. The van der Waals surface area contributed by atoms with Crippen LogP contribution in [-0.4, -0.2) is 33.0 Å². The Morgan fingerprint density at radius 3 is 2.85 bits per heavy atom. The van der Waals surface area contributed by atoms with Crippen molar-refractivity contribution in [1.82, 2.24) is 19.9 Å². The van der Waals surface area contributed by atoms with Crippen molar-refractivity contribution in [2.45, 2.75) is 25.9 Å². The van der Waals surface area contributed by atoms with E-state index in [2.05, 4.69) is 44.8 Å². The van der Waals surface area contributed by atoms with E-state index in [0.717, 1.165) is 24.5 Å². The number of aryl methyl sites for hydroxylation is 1. The van der Waals surface area contributed by atoms with E-state index in [1.807, 2.05) is 7.05 Å². The number of nitrogens with zero attached hydrogens (tertiary/aromatic N) is 4. The highest BCUT2D eigenvalue weighted by molar-refractivity contribution is 5.45. The Morgan fingerprint density at radius 2 is 2.10 bits per heavy atom. The Hall–Kier alpha value is -1.88. The molecule has 1 N–H and O–H groups in total. The zero-order chi connectivity index (χ0) is 13.8. The van der Waals surface area contributed by atoms with Gasteiger partial charge in [-0.1, -0.05) is 17.3 Å². The molecular weight excluding hydrogens is 250 g/mol. The summed E-state index contributed by atoms with van der Waals surface area (Å²) >= 11 is 0. The monoisotopic (exact) mass is 271 g/mol. The molecule has 0 spiro atoms. The van der Waals surface area contributed by atoms with Crippen LogP contribution in [0.15, 0.2) is 30.5 Å². The van der Waals surface area contributed by atoms with Gasteiger partial charge in [0.15, 0.2) is 0 Å². The first-order valence-corrected chi connectivity index (χ1v) is 7.20. The van der Waals surface area contributed by atoms with Crippen LogP contribution in [0.25, 0.3) is 0 Å². The highest BCUT2D eigenvalue weighted by Gasteiger charge is 2.11. The summed E-state index contributed by atoms with van der Waals surface area (Å²) in [6.07, 6.45) is 4.47. The van der Waals surface area contributed by atoms with E-state index in [4.69, 9.17) is 0 Å². The van der Waals surface area contributed by atoms with Crippen molar-refractivity contribution in [2.75, 3.05) is 18.4 Å². The summed E-state index contributed by atoms with van der Waals surface area (Å²) in [7, 11) is 1.91. The number of nitrogens with one attached hydrogen (secondary N) is 1. The van der Waals surface area contributed by atoms with E-state index in [9.17, 15) is 0 Å². The summed E-state index contributed by atoms with van der Waals surface area (Å²) in [6, 6.07) is 8.67. The Balaban J connectivity index is 1.60. The van der Waals surface area contributed by atoms with E-state index in [-0.39, 0.29) is 0 Å². The fourth-order valence-electron chi connectivity index (χ4n) is 2.64. The molecule has 1 aliphatic rings. The fraction of sp³-hybridized carbons (Fsp3) is 0.467. The molecular formula is C15H21N5. The number of hydrogen-bond donors (Lipinski definition) is 1. The first-order valence-electron chi connectivity index (χ1n) is 7.20. The van der Waals surface area contributed by atoms with Gasteiger partial charge in [-0.3, -0.25) is 9.58 Å². The molecule has 5 nitrogen and oxygen atoms in total. The lowest BCUT2D eigenvalue weighted by atomic mass is 10.2. The Kier molecular flexibility index (Phi) is 3.97. The molecule has 0 amide bonds. The normalized spacial score (nSPS) is 15.7. The molecule has 0 saturated carbocycles. The molecule has 1 aromatic carbocycles. The molecule has 1 fully saturated rings. The zero-order valence-corrected chi connectivity index (χ0v) is 11.9. The molecule has 5 heteroatoms. The molecule has 0 atom stereocenters. The highest BCUT2D eigenvalue weighted by atomic mass is 15.4. The summed E-state index contributed by atoms with van der Waals surface area (Å²) in [5, 5.41) is 11.3. The summed E-state index contributed by atoms with van der Waals surface area (Å²) in [6.45, 7) is 4.27. The third-order valence-corrected chi connectivity index (χ3v) is 3.81. The van der Waals surface area contributed by atoms with Gasteiger partial charge in [0.05, 0.1) is 18.4 Å². The van der Waals surface area contributed by atoms with E-state index >= 15 is 0 Å². The predicted octanol–water partition coefficient (Wildman–Crippen LogP) is 2.02. The molecule has 0 bridgehead atoms. The van der Waals surface area contributed by atoms with Crippen LogP contribution in [0.3, 0.4) is 0 Å². The van der Waals surface area contributed by atoms with Gasteiger partial charge in [0.1, 0.15) is 0 Å². The van der Waals surface area contributed by atoms with Crippen LogP contribution in [0.4, 0.5) is 5.69 Å². The average molecular weight is 271 g/mol. The molecule has 20 heavy (non-hydrogen) atoms. The SMILES string of the molecule is Cn1nncc1CNc1cccc(CN2CCCC2)c1. The van der Waals surface area contributed by atoms with Crippen LogP contribution in [0.2, 0.25) is 0 Å². The van der Waals surface area contributed by atoms with Crippen LogP contribution in [-0.2, 0) is 20.1 Å². The quantitative estimate of drug-likeness (QED) is 0.904. The Morgan fingerprint density at radius 1 is 1.25 bits per heavy atom. The molecule has 2 aromatic rings. The third-order valence-electron chi connectivity index (χ3n) is 3.81. The number of rotatable bonds is 5. The number of aromatic nitrogens is 3. The van der Waals surface area contributed by atoms with E-state index < -0.39 is 0 Å². The summed E-state index contributed by atoms with van der Waals surface area (Å²) in [4.78, 5) is 2.52. The summed E-state index contributed by atoms with van der Waals surface area (Å²) < 4.78 is 1.79. The number of likely N-dealkylation sites (tertiary alicyclic amines) is 1. The van der Waals surface area contributed by atoms with Crippen molar-refractivity contribution >= 4 is 5.69 Å². The lowest BCUT2D eigenvalue weighted by molar-refractivity contribution is 0.331. The van der Waals surface area contributed by atoms with Crippen LogP contribution in [0.5, 0.6) is 0 Å². The molecule has 2 heterocycles. The minimum atomic E-state index is 0.747. The Labute approximate surface area is 119 Å². The van der Waals surface area contributed by atoms with Gasteiger partial charge < -0.3 is 5.32 Å². The first kappa shape index (κ1) is 13.1. The van der Waals surface area contributed by atoms with Crippen molar-refractivity contribution in [3.05, 3.63) is 41.7 Å². The van der Waals surface area contributed by atoms with Gasteiger partial charge >= 0.3 is 0 Å². The van der Waals surface area contributed by atoms with Gasteiger partial charge in [-0.15, -0.1) is 5.10 Å².